The minimum Gasteiger partial charge on any atom is -0.480 e. The van der Waals surface area contributed by atoms with Gasteiger partial charge in [-0.2, -0.15) is 0 Å². The van der Waals surface area contributed by atoms with Gasteiger partial charge >= 0.3 is 0 Å². The van der Waals surface area contributed by atoms with Crippen molar-refractivity contribution in [3.05, 3.63) is 65.2 Å². The van der Waals surface area contributed by atoms with Crippen molar-refractivity contribution < 1.29 is 14.3 Å². The van der Waals surface area contributed by atoms with E-state index >= 15 is 0 Å². The highest BCUT2D eigenvalue weighted by atomic mass is 16.5. The van der Waals surface area contributed by atoms with Crippen LogP contribution in [-0.2, 0) is 5.41 Å². The second-order valence-electron chi connectivity index (χ2n) is 7.01. The number of hydrogen-bond donors (Lipinski definition) is 2. The summed E-state index contributed by atoms with van der Waals surface area (Å²) in [5, 5.41) is 2.74. The topological polar surface area (TPSA) is 81.4 Å². The molecule has 2 rings (SSSR count). The number of carbonyl (C=O) groups is 2. The van der Waals surface area contributed by atoms with Crippen molar-refractivity contribution >= 4 is 11.8 Å². The zero-order chi connectivity index (χ0) is 19.9. The van der Waals surface area contributed by atoms with Crippen LogP contribution in [0.3, 0.4) is 0 Å². The molecule has 0 radical (unpaired) electrons. The predicted molar refractivity (Wildman–Crippen MR) is 106 cm³/mol. The zero-order valence-corrected chi connectivity index (χ0v) is 15.8. The van der Waals surface area contributed by atoms with Gasteiger partial charge in [0, 0.05) is 5.56 Å². The van der Waals surface area contributed by atoms with Gasteiger partial charge in [-0.15, -0.1) is 0 Å². The number of benzene rings is 2. The highest BCUT2D eigenvalue weighted by molar-refractivity contribution is 5.95. The van der Waals surface area contributed by atoms with Crippen LogP contribution in [0.1, 0.15) is 47.1 Å². The van der Waals surface area contributed by atoms with Crippen molar-refractivity contribution in [2.75, 3.05) is 13.2 Å². The lowest BCUT2D eigenvalue weighted by atomic mass is 9.87. The summed E-state index contributed by atoms with van der Waals surface area (Å²) in [4.78, 5) is 23.4. The van der Waals surface area contributed by atoms with E-state index in [-0.39, 0.29) is 24.5 Å². The van der Waals surface area contributed by atoms with Gasteiger partial charge in [-0.1, -0.05) is 56.9 Å². The van der Waals surface area contributed by atoms with Crippen molar-refractivity contribution in [1.82, 2.24) is 5.32 Å². The molecule has 0 heterocycles. The third-order valence-corrected chi connectivity index (χ3v) is 3.93. The first-order valence-corrected chi connectivity index (χ1v) is 8.65. The maximum atomic E-state index is 12.1. The molecule has 2 aromatic rings. The van der Waals surface area contributed by atoms with E-state index in [9.17, 15) is 9.59 Å². The molecular formula is C22H24N2O3. The van der Waals surface area contributed by atoms with Crippen LogP contribution in [0.5, 0.6) is 5.75 Å². The maximum Gasteiger partial charge on any atom is 0.252 e. The highest BCUT2D eigenvalue weighted by Crippen LogP contribution is 2.22. The van der Waals surface area contributed by atoms with Gasteiger partial charge in [0.25, 0.3) is 11.8 Å². The lowest BCUT2D eigenvalue weighted by Crippen LogP contribution is -2.23. The van der Waals surface area contributed by atoms with Crippen LogP contribution in [0, 0.1) is 11.8 Å². The van der Waals surface area contributed by atoms with Crippen LogP contribution in [0.2, 0.25) is 0 Å². The second-order valence-corrected chi connectivity index (χ2v) is 7.01. The average molecular weight is 364 g/mol. The quantitative estimate of drug-likeness (QED) is 0.801. The Morgan fingerprint density at radius 1 is 1.04 bits per heavy atom. The van der Waals surface area contributed by atoms with Crippen molar-refractivity contribution in [2.24, 2.45) is 5.73 Å². The highest BCUT2D eigenvalue weighted by Gasteiger charge is 2.14. The van der Waals surface area contributed by atoms with Crippen molar-refractivity contribution in [3.63, 3.8) is 0 Å². The second kappa shape index (κ2) is 8.91. The fourth-order valence-corrected chi connectivity index (χ4v) is 2.37. The monoisotopic (exact) mass is 364 g/mol. The van der Waals surface area contributed by atoms with Crippen molar-refractivity contribution in [1.29, 1.82) is 0 Å². The fourth-order valence-electron chi connectivity index (χ4n) is 2.37. The number of hydrogen-bond acceptors (Lipinski definition) is 3. The van der Waals surface area contributed by atoms with Crippen LogP contribution in [0.15, 0.2) is 48.5 Å². The Morgan fingerprint density at radius 2 is 1.70 bits per heavy atom. The molecule has 0 spiro atoms. The molecule has 0 bridgehead atoms. The molecule has 0 aliphatic heterocycles. The van der Waals surface area contributed by atoms with Crippen LogP contribution in [0.4, 0.5) is 0 Å². The number of primary amides is 1. The molecule has 5 nitrogen and oxygen atoms in total. The summed E-state index contributed by atoms with van der Waals surface area (Å²) < 4.78 is 5.45. The molecule has 0 aliphatic carbocycles. The minimum absolute atomic E-state index is 0.0492. The molecule has 5 heteroatoms. The Morgan fingerprint density at radius 3 is 2.33 bits per heavy atom. The van der Waals surface area contributed by atoms with Crippen LogP contribution in [-0.4, -0.2) is 25.0 Å². The number of ether oxygens (including phenoxy) is 1. The fraction of sp³-hybridized carbons (Fsp3) is 0.273. The van der Waals surface area contributed by atoms with E-state index in [1.807, 2.05) is 24.3 Å². The van der Waals surface area contributed by atoms with E-state index in [0.717, 1.165) is 0 Å². The van der Waals surface area contributed by atoms with E-state index in [2.05, 4.69) is 37.9 Å². The SMILES string of the molecule is CC(C)(C)c1ccc(C(=O)NCC#CCOc2ccccc2C(N)=O)cc1. The van der Waals surface area contributed by atoms with E-state index in [4.69, 9.17) is 10.5 Å². The van der Waals surface area contributed by atoms with Gasteiger partial charge in [0.1, 0.15) is 12.4 Å². The molecule has 0 unspecified atom stereocenters. The number of rotatable bonds is 5. The summed E-state index contributed by atoms with van der Waals surface area (Å²) in [5.41, 5.74) is 7.41. The molecule has 0 aromatic heterocycles. The number of para-hydroxylation sites is 1. The summed E-state index contributed by atoms with van der Waals surface area (Å²) >= 11 is 0. The smallest absolute Gasteiger partial charge is 0.252 e. The maximum absolute atomic E-state index is 12.1. The van der Waals surface area contributed by atoms with Crippen LogP contribution in [0.25, 0.3) is 0 Å². The molecule has 27 heavy (non-hydrogen) atoms. The number of carbonyl (C=O) groups excluding carboxylic acids is 2. The summed E-state index contributed by atoms with van der Waals surface area (Å²) in [6.45, 7) is 6.69. The standard InChI is InChI=1S/C22H24N2O3/c1-22(2,3)17-12-10-16(11-13-17)21(26)24-14-6-7-15-27-19-9-5-4-8-18(19)20(23)25/h4-5,8-13H,14-15H2,1-3H3,(H2,23,25)(H,24,26). The Labute approximate surface area is 159 Å². The Hall–Kier alpha value is -3.26. The third kappa shape index (κ3) is 5.89. The van der Waals surface area contributed by atoms with Gasteiger partial charge in [0.2, 0.25) is 0 Å². The molecule has 2 amide bonds. The van der Waals surface area contributed by atoms with E-state index in [0.29, 0.717) is 16.9 Å². The first kappa shape index (κ1) is 20.1. The van der Waals surface area contributed by atoms with Crippen molar-refractivity contribution in [3.8, 4) is 17.6 Å². The lowest BCUT2D eigenvalue weighted by Gasteiger charge is -2.18. The number of amides is 2. The molecule has 0 atom stereocenters. The molecule has 0 fully saturated rings. The largest absolute Gasteiger partial charge is 0.480 e. The first-order chi connectivity index (χ1) is 12.8. The zero-order valence-electron chi connectivity index (χ0n) is 15.8. The molecule has 2 aromatic carbocycles. The third-order valence-electron chi connectivity index (χ3n) is 3.93. The minimum atomic E-state index is -0.552. The lowest BCUT2D eigenvalue weighted by molar-refractivity contribution is 0.0956. The van der Waals surface area contributed by atoms with Crippen LogP contribution < -0.4 is 15.8 Å². The normalized spacial score (nSPS) is 10.5. The van der Waals surface area contributed by atoms with E-state index < -0.39 is 5.91 Å². The summed E-state index contributed by atoms with van der Waals surface area (Å²) in [6, 6.07) is 14.3. The summed E-state index contributed by atoms with van der Waals surface area (Å²) in [7, 11) is 0. The summed E-state index contributed by atoms with van der Waals surface area (Å²) in [6.07, 6.45) is 0. The molecular weight excluding hydrogens is 340 g/mol. The van der Waals surface area contributed by atoms with Gasteiger partial charge in [-0.05, 0) is 35.2 Å². The Balaban J connectivity index is 1.82. The molecule has 140 valence electrons. The molecule has 0 saturated heterocycles. The first-order valence-electron chi connectivity index (χ1n) is 8.65. The van der Waals surface area contributed by atoms with Gasteiger partial charge in [0.05, 0.1) is 12.1 Å². The van der Waals surface area contributed by atoms with E-state index in [1.54, 1.807) is 24.3 Å². The van der Waals surface area contributed by atoms with E-state index in [1.165, 1.54) is 5.56 Å². The molecule has 3 N–H and O–H groups in total. The number of nitrogens with two attached hydrogens (primary N) is 1. The molecule has 0 aliphatic rings. The average Bonchev–Trinajstić information content (AvgIpc) is 2.64. The number of nitrogens with one attached hydrogen (secondary N) is 1. The van der Waals surface area contributed by atoms with Crippen LogP contribution >= 0.6 is 0 Å². The van der Waals surface area contributed by atoms with Gasteiger partial charge < -0.3 is 15.8 Å². The van der Waals surface area contributed by atoms with Gasteiger partial charge in [0.15, 0.2) is 0 Å². The van der Waals surface area contributed by atoms with Gasteiger partial charge in [-0.3, -0.25) is 9.59 Å². The van der Waals surface area contributed by atoms with Crippen molar-refractivity contribution in [2.45, 2.75) is 26.2 Å². The van der Waals surface area contributed by atoms with Gasteiger partial charge in [-0.25, -0.2) is 0 Å². The predicted octanol–water partition coefficient (Wildman–Crippen LogP) is 2.90. The Kier molecular flexibility index (Phi) is 6.62. The summed E-state index contributed by atoms with van der Waals surface area (Å²) in [5.74, 6) is 5.28. The Bertz CT molecular complexity index is 869. The molecule has 0 saturated carbocycles.